The Balaban J connectivity index is 2.17. The molecule has 1 aromatic rings. The van der Waals surface area contributed by atoms with Crippen LogP contribution >= 0.6 is 0 Å². The lowest BCUT2D eigenvalue weighted by atomic mass is 9.99. The molecule has 0 aromatic heterocycles. The summed E-state index contributed by atoms with van der Waals surface area (Å²) in [5.41, 5.74) is 1.12. The van der Waals surface area contributed by atoms with Gasteiger partial charge in [-0.05, 0) is 5.56 Å². The van der Waals surface area contributed by atoms with Crippen LogP contribution in [0.15, 0.2) is 30.3 Å². The fraction of sp³-hybridized carbons (Fsp3) is 0.300. The molecule has 0 aliphatic carbocycles. The fourth-order valence-electron chi connectivity index (χ4n) is 1.64. The summed E-state index contributed by atoms with van der Waals surface area (Å²) < 4.78 is 0. The van der Waals surface area contributed by atoms with Gasteiger partial charge in [0, 0.05) is 12.3 Å². The zero-order valence-corrected chi connectivity index (χ0v) is 7.18. The first-order chi connectivity index (χ1) is 6.27. The Labute approximate surface area is 76.6 Å². The summed E-state index contributed by atoms with van der Waals surface area (Å²) in [7, 11) is 0. The molecule has 0 saturated carbocycles. The van der Waals surface area contributed by atoms with Crippen LogP contribution < -0.4 is 0 Å². The van der Waals surface area contributed by atoms with E-state index in [1.54, 1.807) is 0 Å². The van der Waals surface area contributed by atoms with Gasteiger partial charge in [0.15, 0.2) is 0 Å². The molecule has 3 heteroatoms. The minimum Gasteiger partial charge on any atom is -0.286 e. The molecule has 0 unspecified atom stereocenters. The average Bonchev–Trinajstić information content (AvgIpc) is 2.49. The quantitative estimate of drug-likeness (QED) is 0.658. The SMILES string of the molecule is O=C1C[C@H](c2ccccc2)CN1O. The molecule has 1 amide bonds. The van der Waals surface area contributed by atoms with Gasteiger partial charge >= 0.3 is 0 Å². The second-order valence-corrected chi connectivity index (χ2v) is 3.29. The summed E-state index contributed by atoms with van der Waals surface area (Å²) in [6.07, 6.45) is 0.417. The molecule has 1 saturated heterocycles. The van der Waals surface area contributed by atoms with Crippen LogP contribution in [0.1, 0.15) is 17.9 Å². The van der Waals surface area contributed by atoms with Crippen molar-refractivity contribution < 1.29 is 10.0 Å². The van der Waals surface area contributed by atoms with E-state index >= 15 is 0 Å². The third-order valence-corrected chi connectivity index (χ3v) is 2.37. The number of rotatable bonds is 1. The first kappa shape index (κ1) is 8.26. The van der Waals surface area contributed by atoms with E-state index in [1.807, 2.05) is 30.3 Å². The third-order valence-electron chi connectivity index (χ3n) is 2.37. The lowest BCUT2D eigenvalue weighted by Crippen LogP contribution is -2.19. The number of carbonyl (C=O) groups is 1. The molecule has 1 aliphatic heterocycles. The van der Waals surface area contributed by atoms with E-state index in [1.165, 1.54) is 0 Å². The van der Waals surface area contributed by atoms with E-state index in [-0.39, 0.29) is 11.8 Å². The van der Waals surface area contributed by atoms with Gasteiger partial charge in [-0.15, -0.1) is 0 Å². The zero-order chi connectivity index (χ0) is 9.26. The molecule has 1 aliphatic rings. The molecule has 13 heavy (non-hydrogen) atoms. The third kappa shape index (κ3) is 1.55. The maximum Gasteiger partial charge on any atom is 0.246 e. The summed E-state index contributed by atoms with van der Waals surface area (Å²) in [5.74, 6) is -0.0347. The fourth-order valence-corrected chi connectivity index (χ4v) is 1.64. The van der Waals surface area contributed by atoms with Crippen LogP contribution in [0.25, 0.3) is 0 Å². The molecule has 1 atom stereocenters. The normalized spacial score (nSPS) is 22.4. The maximum atomic E-state index is 11.0. The number of hydroxylamine groups is 2. The minimum atomic E-state index is -0.186. The molecule has 1 fully saturated rings. The Kier molecular flexibility index (Phi) is 2.02. The van der Waals surface area contributed by atoms with Gasteiger partial charge < -0.3 is 0 Å². The Morgan fingerprint density at radius 1 is 1.31 bits per heavy atom. The highest BCUT2D eigenvalue weighted by Crippen LogP contribution is 2.26. The second kappa shape index (κ2) is 3.18. The lowest BCUT2D eigenvalue weighted by molar-refractivity contribution is -0.157. The van der Waals surface area contributed by atoms with Gasteiger partial charge in [0.25, 0.3) is 0 Å². The second-order valence-electron chi connectivity index (χ2n) is 3.29. The van der Waals surface area contributed by atoms with Crippen LogP contribution in [0.2, 0.25) is 0 Å². The van der Waals surface area contributed by atoms with Crippen molar-refractivity contribution in [2.45, 2.75) is 12.3 Å². The molecular weight excluding hydrogens is 166 g/mol. The number of nitrogens with zero attached hydrogens (tertiary/aromatic N) is 1. The van der Waals surface area contributed by atoms with E-state index in [2.05, 4.69) is 0 Å². The van der Waals surface area contributed by atoms with Crippen molar-refractivity contribution in [1.82, 2.24) is 5.06 Å². The standard InChI is InChI=1S/C10H11NO2/c12-10-6-9(7-11(10)13)8-4-2-1-3-5-8/h1-5,9,13H,6-7H2/t9-/m0/s1. The van der Waals surface area contributed by atoms with Crippen LogP contribution in [0.4, 0.5) is 0 Å². The van der Waals surface area contributed by atoms with E-state index in [0.29, 0.717) is 13.0 Å². The smallest absolute Gasteiger partial charge is 0.246 e. The summed E-state index contributed by atoms with van der Waals surface area (Å²) in [5, 5.41) is 9.92. The topological polar surface area (TPSA) is 40.5 Å². The van der Waals surface area contributed by atoms with E-state index in [0.717, 1.165) is 10.6 Å². The Bertz CT molecular complexity index is 310. The summed E-state index contributed by atoms with van der Waals surface area (Å²) in [4.78, 5) is 11.0. The van der Waals surface area contributed by atoms with Gasteiger partial charge in [0.05, 0.1) is 6.54 Å². The monoisotopic (exact) mass is 177 g/mol. The maximum absolute atomic E-state index is 11.0. The van der Waals surface area contributed by atoms with Gasteiger partial charge in [0.2, 0.25) is 5.91 Å². The predicted octanol–water partition coefficient (Wildman–Crippen LogP) is 1.39. The highest BCUT2D eigenvalue weighted by atomic mass is 16.5. The van der Waals surface area contributed by atoms with E-state index in [9.17, 15) is 4.79 Å². The molecule has 0 bridgehead atoms. The van der Waals surface area contributed by atoms with Gasteiger partial charge in [-0.2, -0.15) is 0 Å². The molecule has 0 spiro atoms. The van der Waals surface area contributed by atoms with Gasteiger partial charge in [-0.1, -0.05) is 30.3 Å². The van der Waals surface area contributed by atoms with Crippen molar-refractivity contribution in [3.63, 3.8) is 0 Å². The molecule has 1 heterocycles. The van der Waals surface area contributed by atoms with Crippen molar-refractivity contribution in [3.05, 3.63) is 35.9 Å². The molecule has 1 N–H and O–H groups in total. The van der Waals surface area contributed by atoms with Crippen molar-refractivity contribution >= 4 is 5.91 Å². The largest absolute Gasteiger partial charge is 0.286 e. The van der Waals surface area contributed by atoms with E-state index < -0.39 is 0 Å². The molecule has 2 rings (SSSR count). The predicted molar refractivity (Wildman–Crippen MR) is 47.3 cm³/mol. The highest BCUT2D eigenvalue weighted by Gasteiger charge is 2.29. The van der Waals surface area contributed by atoms with Crippen LogP contribution in [0.5, 0.6) is 0 Å². The van der Waals surface area contributed by atoms with Crippen LogP contribution in [0, 0.1) is 0 Å². The van der Waals surface area contributed by atoms with Crippen LogP contribution in [-0.4, -0.2) is 22.7 Å². The molecular formula is C10H11NO2. The Morgan fingerprint density at radius 3 is 2.54 bits per heavy atom. The summed E-state index contributed by atoms with van der Waals surface area (Å²) in [6, 6.07) is 9.80. The number of benzene rings is 1. The van der Waals surface area contributed by atoms with Crippen LogP contribution in [0.3, 0.4) is 0 Å². The summed E-state index contributed by atoms with van der Waals surface area (Å²) in [6.45, 7) is 0.419. The van der Waals surface area contributed by atoms with Gasteiger partial charge in [-0.25, -0.2) is 5.06 Å². The first-order valence-electron chi connectivity index (χ1n) is 4.31. The molecule has 3 nitrogen and oxygen atoms in total. The number of hydrogen-bond donors (Lipinski definition) is 1. The molecule has 0 radical (unpaired) electrons. The lowest BCUT2D eigenvalue weighted by Gasteiger charge is -2.08. The summed E-state index contributed by atoms with van der Waals surface area (Å²) >= 11 is 0. The molecule has 68 valence electrons. The first-order valence-corrected chi connectivity index (χ1v) is 4.31. The Hall–Kier alpha value is -1.35. The Morgan fingerprint density at radius 2 is 2.00 bits per heavy atom. The van der Waals surface area contributed by atoms with E-state index in [4.69, 9.17) is 5.21 Å². The number of carbonyl (C=O) groups excluding carboxylic acids is 1. The zero-order valence-electron chi connectivity index (χ0n) is 7.18. The molecule has 1 aromatic carbocycles. The highest BCUT2D eigenvalue weighted by molar-refractivity contribution is 5.78. The van der Waals surface area contributed by atoms with Crippen molar-refractivity contribution in [2.75, 3.05) is 6.54 Å². The van der Waals surface area contributed by atoms with Gasteiger partial charge in [0.1, 0.15) is 0 Å². The number of amides is 1. The van der Waals surface area contributed by atoms with Crippen LogP contribution in [-0.2, 0) is 4.79 Å². The van der Waals surface area contributed by atoms with Crippen molar-refractivity contribution in [1.29, 1.82) is 0 Å². The van der Waals surface area contributed by atoms with Crippen molar-refractivity contribution in [3.8, 4) is 0 Å². The van der Waals surface area contributed by atoms with Crippen molar-refractivity contribution in [2.24, 2.45) is 0 Å². The minimum absolute atomic E-state index is 0.152. The van der Waals surface area contributed by atoms with Gasteiger partial charge in [-0.3, -0.25) is 10.0 Å². The average molecular weight is 177 g/mol. The number of hydrogen-bond acceptors (Lipinski definition) is 2.